The van der Waals surface area contributed by atoms with Crippen molar-refractivity contribution in [3.05, 3.63) is 0 Å². The van der Waals surface area contributed by atoms with Gasteiger partial charge in [-0.25, -0.2) is 0 Å². The molecule has 0 amide bonds. The first-order chi connectivity index (χ1) is 8.35. The molecular weight excluding hydrogens is 312 g/mol. The summed E-state index contributed by atoms with van der Waals surface area (Å²) in [5.74, 6) is 1.20. The van der Waals surface area contributed by atoms with Gasteiger partial charge in [0.15, 0.2) is 0 Å². The predicted molar refractivity (Wildman–Crippen MR) is 75.2 cm³/mol. The largest absolute Gasteiger partial charge is 0.354 e. The van der Waals surface area contributed by atoms with Crippen LogP contribution in [0.15, 0.2) is 0 Å². The molecule has 10 heteroatoms. The fourth-order valence-electron chi connectivity index (χ4n) is 2.22. The van der Waals surface area contributed by atoms with Crippen LogP contribution in [0.5, 0.6) is 0 Å². The van der Waals surface area contributed by atoms with Crippen molar-refractivity contribution in [3.63, 3.8) is 0 Å². The minimum absolute atomic E-state index is 0.257. The average Bonchev–Trinajstić information content (AvgIpc) is 2.11. The topological polar surface area (TPSA) is 118 Å². The van der Waals surface area contributed by atoms with Gasteiger partial charge in [0.25, 0.3) is 0 Å². The number of hydrogen-bond acceptors (Lipinski definition) is 4. The second-order valence-corrected chi connectivity index (χ2v) is 10.6. The standard InChI is InChI=1S/C9H21NO6P2S/c1-9(2,3)7-6-19-5-4-10(7)8(17(11,12)13)18(14,15)16/h7-8H,4-6H2,1-3H3,(H2,11,12,13)(H2,14,15,16). The molecule has 0 aromatic carbocycles. The Labute approximate surface area is 117 Å². The van der Waals surface area contributed by atoms with E-state index < -0.39 is 20.7 Å². The highest BCUT2D eigenvalue weighted by Crippen LogP contribution is 2.62. The van der Waals surface area contributed by atoms with Crippen molar-refractivity contribution in [1.29, 1.82) is 0 Å². The first kappa shape index (κ1) is 17.7. The highest BCUT2D eigenvalue weighted by atomic mass is 32.2. The third-order valence-corrected chi connectivity index (χ3v) is 7.69. The summed E-state index contributed by atoms with van der Waals surface area (Å²) in [5.41, 5.74) is -2.36. The highest BCUT2D eigenvalue weighted by molar-refractivity contribution is 7.99. The van der Waals surface area contributed by atoms with Crippen molar-refractivity contribution in [2.45, 2.75) is 32.3 Å². The molecular formula is C9H21NO6P2S. The SMILES string of the molecule is CC(C)(C)C1CSCCN1C(P(=O)(O)O)P(=O)(O)O. The molecule has 114 valence electrons. The lowest BCUT2D eigenvalue weighted by atomic mass is 9.87. The molecule has 1 fully saturated rings. The molecule has 1 aliphatic rings. The van der Waals surface area contributed by atoms with Crippen molar-refractivity contribution in [3.8, 4) is 0 Å². The van der Waals surface area contributed by atoms with Crippen LogP contribution in [0.1, 0.15) is 20.8 Å². The lowest BCUT2D eigenvalue weighted by Gasteiger charge is -2.46. The van der Waals surface area contributed by atoms with E-state index in [4.69, 9.17) is 0 Å². The summed E-state index contributed by atoms with van der Waals surface area (Å²) >= 11 is 1.62. The second-order valence-electron chi connectivity index (χ2n) is 5.72. The lowest BCUT2D eigenvalue weighted by Crippen LogP contribution is -2.53. The zero-order valence-corrected chi connectivity index (χ0v) is 13.7. The zero-order valence-electron chi connectivity index (χ0n) is 11.1. The van der Waals surface area contributed by atoms with Crippen LogP contribution in [0.2, 0.25) is 0 Å². The molecule has 1 saturated heterocycles. The van der Waals surface area contributed by atoms with Crippen molar-refractivity contribution >= 4 is 27.0 Å². The van der Waals surface area contributed by atoms with Gasteiger partial charge in [0.2, 0.25) is 5.52 Å². The Hall–Kier alpha value is 0.610. The van der Waals surface area contributed by atoms with Crippen LogP contribution in [0.3, 0.4) is 0 Å². The van der Waals surface area contributed by atoms with E-state index in [0.717, 1.165) is 0 Å². The van der Waals surface area contributed by atoms with E-state index in [0.29, 0.717) is 11.5 Å². The Kier molecular flexibility index (Phi) is 5.37. The van der Waals surface area contributed by atoms with Crippen LogP contribution >= 0.6 is 27.0 Å². The smallest absolute Gasteiger partial charge is 0.323 e. The molecule has 0 bridgehead atoms. The average molecular weight is 333 g/mol. The van der Waals surface area contributed by atoms with E-state index in [1.807, 2.05) is 20.8 Å². The molecule has 4 N–H and O–H groups in total. The Morgan fingerprint density at radius 1 is 1.16 bits per heavy atom. The van der Waals surface area contributed by atoms with Gasteiger partial charge in [-0.15, -0.1) is 0 Å². The molecule has 0 aliphatic carbocycles. The monoisotopic (exact) mass is 333 g/mol. The van der Waals surface area contributed by atoms with Gasteiger partial charge in [-0.2, -0.15) is 11.8 Å². The third kappa shape index (κ3) is 4.55. The van der Waals surface area contributed by atoms with Crippen LogP contribution in [0.25, 0.3) is 0 Å². The molecule has 0 saturated carbocycles. The molecule has 7 nitrogen and oxygen atoms in total. The summed E-state index contributed by atoms with van der Waals surface area (Å²) in [4.78, 5) is 38.6. The van der Waals surface area contributed by atoms with E-state index in [1.54, 1.807) is 11.8 Å². The van der Waals surface area contributed by atoms with E-state index in [-0.39, 0.29) is 18.0 Å². The number of rotatable bonds is 3. The highest BCUT2D eigenvalue weighted by Gasteiger charge is 2.52. The molecule has 1 unspecified atom stereocenters. The van der Waals surface area contributed by atoms with Crippen LogP contribution in [0.4, 0.5) is 0 Å². The summed E-state index contributed by atoms with van der Waals surface area (Å²) < 4.78 is 23.0. The fraction of sp³-hybridized carbons (Fsp3) is 1.00. The molecule has 1 aliphatic heterocycles. The molecule has 0 aromatic heterocycles. The van der Waals surface area contributed by atoms with Gasteiger partial charge in [0, 0.05) is 24.1 Å². The van der Waals surface area contributed by atoms with E-state index >= 15 is 0 Å². The van der Waals surface area contributed by atoms with Gasteiger partial charge in [-0.3, -0.25) is 14.0 Å². The summed E-state index contributed by atoms with van der Waals surface area (Å²) in [5, 5.41) is 0. The molecule has 1 heterocycles. The summed E-state index contributed by atoms with van der Waals surface area (Å²) in [6.07, 6.45) is 0. The van der Waals surface area contributed by atoms with Gasteiger partial charge in [-0.1, -0.05) is 20.8 Å². The van der Waals surface area contributed by atoms with Crippen molar-refractivity contribution in [2.24, 2.45) is 5.41 Å². The predicted octanol–water partition coefficient (Wildman–Crippen LogP) is 1.09. The van der Waals surface area contributed by atoms with Gasteiger partial charge in [-0.05, 0) is 5.41 Å². The molecule has 0 spiro atoms. The first-order valence-electron chi connectivity index (χ1n) is 5.79. The minimum Gasteiger partial charge on any atom is -0.323 e. The Balaban J connectivity index is 3.20. The van der Waals surface area contributed by atoms with Crippen molar-refractivity contribution in [1.82, 2.24) is 4.90 Å². The van der Waals surface area contributed by atoms with Gasteiger partial charge in [0.05, 0.1) is 0 Å². The Morgan fingerprint density at radius 2 is 1.63 bits per heavy atom. The molecule has 0 aromatic rings. The fourth-order valence-corrected chi connectivity index (χ4v) is 6.54. The van der Waals surface area contributed by atoms with Gasteiger partial charge >= 0.3 is 15.2 Å². The third-order valence-electron chi connectivity index (χ3n) is 3.07. The zero-order chi connectivity index (χ0) is 15.1. The normalized spacial score (nSPS) is 23.9. The van der Waals surface area contributed by atoms with E-state index in [2.05, 4.69) is 0 Å². The maximum absolute atomic E-state index is 11.5. The molecule has 19 heavy (non-hydrogen) atoms. The summed E-state index contributed by atoms with van der Waals surface area (Å²) in [6.45, 7) is 5.94. The summed E-state index contributed by atoms with van der Waals surface area (Å²) in [6, 6.07) is -0.295. The Bertz CT molecular complexity index is 391. The van der Waals surface area contributed by atoms with E-state index in [1.165, 1.54) is 4.90 Å². The minimum atomic E-state index is -4.92. The van der Waals surface area contributed by atoms with Crippen molar-refractivity contribution in [2.75, 3.05) is 18.1 Å². The van der Waals surface area contributed by atoms with Crippen LogP contribution in [0, 0.1) is 5.41 Å². The van der Waals surface area contributed by atoms with Gasteiger partial charge in [0.1, 0.15) is 0 Å². The first-order valence-corrected chi connectivity index (χ1v) is 10.3. The number of hydrogen-bond donors (Lipinski definition) is 4. The van der Waals surface area contributed by atoms with Crippen LogP contribution < -0.4 is 0 Å². The number of nitrogens with zero attached hydrogens (tertiary/aromatic N) is 1. The quantitative estimate of drug-likeness (QED) is 0.567. The number of thioether (sulfide) groups is 1. The second kappa shape index (κ2) is 5.78. The van der Waals surface area contributed by atoms with Crippen LogP contribution in [-0.2, 0) is 9.13 Å². The summed E-state index contributed by atoms with van der Waals surface area (Å²) in [7, 11) is -9.84. The molecule has 0 radical (unpaired) electrons. The van der Waals surface area contributed by atoms with E-state index in [9.17, 15) is 28.7 Å². The lowest BCUT2D eigenvalue weighted by molar-refractivity contribution is 0.108. The van der Waals surface area contributed by atoms with Crippen LogP contribution in [-0.4, -0.2) is 54.1 Å². The van der Waals surface area contributed by atoms with Gasteiger partial charge < -0.3 is 19.6 Å². The Morgan fingerprint density at radius 3 is 2.00 bits per heavy atom. The van der Waals surface area contributed by atoms with Crippen molar-refractivity contribution < 1.29 is 28.7 Å². The maximum atomic E-state index is 11.5. The molecule has 1 atom stereocenters. The maximum Gasteiger partial charge on any atom is 0.354 e. The molecule has 1 rings (SSSR count).